The second kappa shape index (κ2) is 4.43. The molecule has 1 nitrogen and oxygen atoms in total. The first-order chi connectivity index (χ1) is 6.54. The molecule has 0 heterocycles. The molecule has 1 aromatic carbocycles. The van der Waals surface area contributed by atoms with Crippen molar-refractivity contribution in [2.45, 2.75) is 13.8 Å². The van der Waals surface area contributed by atoms with Gasteiger partial charge in [-0.1, -0.05) is 44.2 Å². The van der Waals surface area contributed by atoms with Crippen molar-refractivity contribution >= 4 is 17.4 Å². The topological polar surface area (TPSA) is 17.1 Å². The third-order valence-electron chi connectivity index (χ3n) is 2.11. The summed E-state index contributed by atoms with van der Waals surface area (Å²) in [4.78, 5) is 11.8. The molecule has 0 saturated carbocycles. The van der Waals surface area contributed by atoms with Crippen molar-refractivity contribution < 1.29 is 4.79 Å². The molecule has 0 spiro atoms. The summed E-state index contributed by atoms with van der Waals surface area (Å²) in [5.74, 6) is 0.0874. The second-order valence-corrected chi connectivity index (χ2v) is 3.90. The van der Waals surface area contributed by atoms with Crippen LogP contribution in [0.5, 0.6) is 0 Å². The van der Waals surface area contributed by atoms with Crippen molar-refractivity contribution in [3.05, 3.63) is 47.0 Å². The highest BCUT2D eigenvalue weighted by atomic mass is 35.5. The predicted octanol–water partition coefficient (Wildman–Crippen LogP) is 3.73. The molecule has 0 aliphatic rings. The average Bonchev–Trinajstić information content (AvgIpc) is 2.16. The van der Waals surface area contributed by atoms with Gasteiger partial charge in [-0.25, -0.2) is 0 Å². The van der Waals surface area contributed by atoms with Crippen LogP contribution >= 0.6 is 11.6 Å². The molecule has 74 valence electrons. The number of hydrogen-bond donors (Lipinski definition) is 0. The zero-order chi connectivity index (χ0) is 10.7. The number of ketones is 1. The highest BCUT2D eigenvalue weighted by molar-refractivity contribution is 6.34. The summed E-state index contributed by atoms with van der Waals surface area (Å²) < 4.78 is 0. The highest BCUT2D eigenvalue weighted by Gasteiger charge is 2.15. The molecule has 1 aromatic rings. The monoisotopic (exact) mass is 208 g/mol. The van der Waals surface area contributed by atoms with E-state index in [1.165, 1.54) is 0 Å². The van der Waals surface area contributed by atoms with Crippen LogP contribution in [-0.2, 0) is 0 Å². The number of Topliss-reactive ketones (excluding diaryl/α,β-unsaturated/α-hetero) is 1. The van der Waals surface area contributed by atoms with Gasteiger partial charge in [0.2, 0.25) is 0 Å². The van der Waals surface area contributed by atoms with Crippen LogP contribution in [-0.4, -0.2) is 5.78 Å². The molecule has 0 amide bonds. The van der Waals surface area contributed by atoms with E-state index >= 15 is 0 Å². The Balaban J connectivity index is 3.02. The van der Waals surface area contributed by atoms with E-state index in [1.54, 1.807) is 24.3 Å². The van der Waals surface area contributed by atoms with Crippen LogP contribution in [0.1, 0.15) is 24.2 Å². The largest absolute Gasteiger partial charge is 0.289 e. The summed E-state index contributed by atoms with van der Waals surface area (Å²) in [6, 6.07) is 7.03. The van der Waals surface area contributed by atoms with E-state index in [0.717, 1.165) is 0 Å². The number of rotatable bonds is 3. The van der Waals surface area contributed by atoms with Gasteiger partial charge < -0.3 is 0 Å². The summed E-state index contributed by atoms with van der Waals surface area (Å²) in [6.45, 7) is 7.65. The average molecular weight is 209 g/mol. The number of halogens is 1. The Labute approximate surface area is 89.4 Å². The molecule has 2 heteroatoms. The van der Waals surface area contributed by atoms with Crippen LogP contribution in [0.4, 0.5) is 0 Å². The number of carbonyl (C=O) groups is 1. The SMILES string of the molecule is C=C(C(=O)c1ccccc1Cl)C(C)C. The molecule has 0 fully saturated rings. The van der Waals surface area contributed by atoms with E-state index in [4.69, 9.17) is 11.6 Å². The lowest BCUT2D eigenvalue weighted by Gasteiger charge is -2.08. The highest BCUT2D eigenvalue weighted by Crippen LogP contribution is 2.21. The van der Waals surface area contributed by atoms with E-state index in [9.17, 15) is 4.79 Å². The smallest absolute Gasteiger partial charge is 0.190 e. The van der Waals surface area contributed by atoms with Gasteiger partial charge in [-0.3, -0.25) is 4.79 Å². The molecule has 0 aliphatic carbocycles. The fourth-order valence-electron chi connectivity index (χ4n) is 1.08. The molecular formula is C12H13ClO. The molecule has 0 radical (unpaired) electrons. The van der Waals surface area contributed by atoms with Gasteiger partial charge in [0.15, 0.2) is 5.78 Å². The zero-order valence-electron chi connectivity index (χ0n) is 8.38. The van der Waals surface area contributed by atoms with Gasteiger partial charge in [0.1, 0.15) is 0 Å². The van der Waals surface area contributed by atoms with Crippen LogP contribution in [0.15, 0.2) is 36.4 Å². The molecule has 14 heavy (non-hydrogen) atoms. The van der Waals surface area contributed by atoms with Crippen molar-refractivity contribution in [1.29, 1.82) is 0 Å². The number of allylic oxidation sites excluding steroid dienone is 1. The van der Waals surface area contributed by atoms with Gasteiger partial charge in [-0.2, -0.15) is 0 Å². The Morgan fingerprint density at radius 1 is 1.36 bits per heavy atom. The van der Waals surface area contributed by atoms with Crippen molar-refractivity contribution in [3.8, 4) is 0 Å². The number of benzene rings is 1. The maximum Gasteiger partial charge on any atom is 0.190 e. The Morgan fingerprint density at radius 2 is 1.93 bits per heavy atom. The van der Waals surface area contributed by atoms with Crippen molar-refractivity contribution in [2.24, 2.45) is 5.92 Å². The van der Waals surface area contributed by atoms with Crippen molar-refractivity contribution in [1.82, 2.24) is 0 Å². The molecule has 1 rings (SSSR count). The minimum Gasteiger partial charge on any atom is -0.289 e. The van der Waals surface area contributed by atoms with E-state index in [2.05, 4.69) is 6.58 Å². The molecule has 0 bridgehead atoms. The van der Waals surface area contributed by atoms with Gasteiger partial charge in [-0.05, 0) is 23.6 Å². The summed E-state index contributed by atoms with van der Waals surface area (Å²) in [5.41, 5.74) is 1.13. The Kier molecular flexibility index (Phi) is 3.48. The lowest BCUT2D eigenvalue weighted by molar-refractivity contribution is 0.102. The first kappa shape index (κ1) is 11.0. The van der Waals surface area contributed by atoms with Crippen LogP contribution in [0.3, 0.4) is 0 Å². The summed E-state index contributed by atoms with van der Waals surface area (Å²) in [7, 11) is 0. The van der Waals surface area contributed by atoms with E-state index in [-0.39, 0.29) is 11.7 Å². The standard InChI is InChI=1S/C12H13ClO/c1-8(2)9(3)12(14)10-6-4-5-7-11(10)13/h4-8H,3H2,1-2H3. The van der Waals surface area contributed by atoms with E-state index < -0.39 is 0 Å². The molecule has 0 atom stereocenters. The lowest BCUT2D eigenvalue weighted by Crippen LogP contribution is -2.08. The number of hydrogen-bond acceptors (Lipinski definition) is 1. The van der Waals surface area contributed by atoms with Crippen LogP contribution in [0.25, 0.3) is 0 Å². The second-order valence-electron chi connectivity index (χ2n) is 3.49. The van der Waals surface area contributed by atoms with Gasteiger partial charge in [0, 0.05) is 5.56 Å². The van der Waals surface area contributed by atoms with Crippen LogP contribution < -0.4 is 0 Å². The third kappa shape index (κ3) is 2.24. The van der Waals surface area contributed by atoms with Crippen LogP contribution in [0.2, 0.25) is 5.02 Å². The lowest BCUT2D eigenvalue weighted by atomic mass is 9.96. The summed E-state index contributed by atoms with van der Waals surface area (Å²) >= 11 is 5.91. The minimum absolute atomic E-state index is 0.0643. The van der Waals surface area contributed by atoms with Crippen molar-refractivity contribution in [2.75, 3.05) is 0 Å². The normalized spacial score (nSPS) is 10.3. The van der Waals surface area contributed by atoms with Gasteiger partial charge >= 0.3 is 0 Å². The summed E-state index contributed by atoms with van der Waals surface area (Å²) in [6.07, 6.45) is 0. The molecule has 0 aliphatic heterocycles. The molecule has 0 saturated heterocycles. The summed E-state index contributed by atoms with van der Waals surface area (Å²) in [5, 5.41) is 0.485. The first-order valence-corrected chi connectivity index (χ1v) is 4.90. The van der Waals surface area contributed by atoms with Gasteiger partial charge in [0.05, 0.1) is 5.02 Å². The third-order valence-corrected chi connectivity index (χ3v) is 2.44. The minimum atomic E-state index is -0.0643. The van der Waals surface area contributed by atoms with Crippen LogP contribution in [0, 0.1) is 5.92 Å². The van der Waals surface area contributed by atoms with E-state index in [1.807, 2.05) is 13.8 Å². The first-order valence-electron chi connectivity index (χ1n) is 4.52. The Hall–Kier alpha value is -1.08. The maximum absolute atomic E-state index is 11.8. The van der Waals surface area contributed by atoms with E-state index in [0.29, 0.717) is 16.2 Å². The number of carbonyl (C=O) groups excluding carboxylic acids is 1. The Bertz CT molecular complexity index is 366. The molecular weight excluding hydrogens is 196 g/mol. The fraction of sp³-hybridized carbons (Fsp3) is 0.250. The Morgan fingerprint density at radius 3 is 2.43 bits per heavy atom. The molecule has 0 aromatic heterocycles. The fourth-order valence-corrected chi connectivity index (χ4v) is 1.30. The predicted molar refractivity (Wildman–Crippen MR) is 59.8 cm³/mol. The van der Waals surface area contributed by atoms with Gasteiger partial charge in [0.25, 0.3) is 0 Å². The molecule has 0 N–H and O–H groups in total. The molecule has 0 unspecified atom stereocenters. The maximum atomic E-state index is 11.8. The van der Waals surface area contributed by atoms with Crippen molar-refractivity contribution in [3.63, 3.8) is 0 Å². The van der Waals surface area contributed by atoms with Gasteiger partial charge in [-0.15, -0.1) is 0 Å². The quantitative estimate of drug-likeness (QED) is 0.547. The zero-order valence-corrected chi connectivity index (χ0v) is 9.14.